The van der Waals surface area contributed by atoms with Gasteiger partial charge in [0.2, 0.25) is 0 Å². The number of phenols is 2. The van der Waals surface area contributed by atoms with Crippen molar-refractivity contribution in [3.8, 4) is 11.5 Å². The van der Waals surface area contributed by atoms with Gasteiger partial charge in [-0.05, 0) is 23.8 Å². The molecule has 0 fully saturated rings. The number of oxime groups is 1. The number of benzene rings is 2. The highest BCUT2D eigenvalue weighted by atomic mass is 16.4. The van der Waals surface area contributed by atoms with Crippen LogP contribution in [-0.2, 0) is 6.42 Å². The Morgan fingerprint density at radius 1 is 1.05 bits per heavy atom. The minimum atomic E-state index is -0.138. The fourth-order valence-electron chi connectivity index (χ4n) is 2.44. The van der Waals surface area contributed by atoms with E-state index in [9.17, 15) is 15.4 Å². The third-order valence-electron chi connectivity index (χ3n) is 3.49. The first kappa shape index (κ1) is 13.9. The van der Waals surface area contributed by atoms with E-state index in [0.29, 0.717) is 17.7 Å². The third-order valence-corrected chi connectivity index (χ3v) is 3.49. The molecule has 0 bridgehead atoms. The Balaban J connectivity index is 2.02. The second-order valence-corrected chi connectivity index (χ2v) is 4.92. The van der Waals surface area contributed by atoms with Gasteiger partial charge < -0.3 is 15.4 Å². The molecule has 3 aromatic rings. The van der Waals surface area contributed by atoms with Crippen LogP contribution in [0.2, 0.25) is 0 Å². The molecule has 2 aromatic carbocycles. The SMILES string of the molecule is O/N=C(/Cc1cccc2cccnc12)c1ccc(O)cc1O. The second-order valence-electron chi connectivity index (χ2n) is 4.92. The van der Waals surface area contributed by atoms with Crippen LogP contribution in [-0.4, -0.2) is 26.1 Å². The first-order valence-corrected chi connectivity index (χ1v) is 6.75. The van der Waals surface area contributed by atoms with Crippen molar-refractivity contribution in [2.24, 2.45) is 5.16 Å². The molecule has 0 spiro atoms. The molecule has 5 heteroatoms. The zero-order valence-corrected chi connectivity index (χ0v) is 11.6. The van der Waals surface area contributed by atoms with Crippen LogP contribution in [0.5, 0.6) is 11.5 Å². The number of aromatic hydroxyl groups is 2. The topological polar surface area (TPSA) is 85.9 Å². The Hall–Kier alpha value is -3.08. The Morgan fingerprint density at radius 2 is 1.86 bits per heavy atom. The number of pyridine rings is 1. The third kappa shape index (κ3) is 2.56. The molecule has 0 unspecified atom stereocenters. The lowest BCUT2D eigenvalue weighted by atomic mass is 9.99. The van der Waals surface area contributed by atoms with Crippen LogP contribution in [0.4, 0.5) is 0 Å². The Kier molecular flexibility index (Phi) is 3.62. The normalized spacial score (nSPS) is 11.7. The van der Waals surface area contributed by atoms with E-state index in [1.807, 2.05) is 30.3 Å². The van der Waals surface area contributed by atoms with Gasteiger partial charge in [-0.15, -0.1) is 0 Å². The minimum absolute atomic E-state index is 0.0506. The number of hydrogen-bond donors (Lipinski definition) is 3. The van der Waals surface area contributed by atoms with E-state index in [1.165, 1.54) is 18.2 Å². The van der Waals surface area contributed by atoms with Gasteiger partial charge in [0.15, 0.2) is 0 Å². The predicted octanol–water partition coefficient (Wildman–Crippen LogP) is 3.07. The van der Waals surface area contributed by atoms with E-state index < -0.39 is 0 Å². The van der Waals surface area contributed by atoms with Gasteiger partial charge in [-0.3, -0.25) is 4.98 Å². The van der Waals surface area contributed by atoms with Crippen molar-refractivity contribution in [3.05, 3.63) is 65.9 Å². The molecule has 0 aliphatic rings. The van der Waals surface area contributed by atoms with Gasteiger partial charge in [-0.25, -0.2) is 0 Å². The first-order chi connectivity index (χ1) is 10.7. The van der Waals surface area contributed by atoms with Crippen LogP contribution in [0, 0.1) is 0 Å². The van der Waals surface area contributed by atoms with Crippen molar-refractivity contribution in [3.63, 3.8) is 0 Å². The highest BCUT2D eigenvalue weighted by molar-refractivity contribution is 6.05. The zero-order valence-electron chi connectivity index (χ0n) is 11.6. The maximum atomic E-state index is 9.92. The molecule has 0 amide bonds. The summed E-state index contributed by atoms with van der Waals surface area (Å²) >= 11 is 0. The maximum Gasteiger partial charge on any atom is 0.128 e. The van der Waals surface area contributed by atoms with E-state index in [0.717, 1.165) is 16.5 Å². The van der Waals surface area contributed by atoms with Crippen molar-refractivity contribution in [1.29, 1.82) is 0 Å². The van der Waals surface area contributed by atoms with E-state index in [2.05, 4.69) is 10.1 Å². The summed E-state index contributed by atoms with van der Waals surface area (Å²) in [5, 5.41) is 32.9. The molecule has 0 saturated heterocycles. The van der Waals surface area contributed by atoms with Crippen LogP contribution in [0.3, 0.4) is 0 Å². The molecule has 1 aromatic heterocycles. The van der Waals surface area contributed by atoms with Gasteiger partial charge in [-0.2, -0.15) is 0 Å². The lowest BCUT2D eigenvalue weighted by Gasteiger charge is -2.09. The molecule has 110 valence electrons. The van der Waals surface area contributed by atoms with Gasteiger partial charge in [-0.1, -0.05) is 29.4 Å². The van der Waals surface area contributed by atoms with Gasteiger partial charge in [0.1, 0.15) is 11.5 Å². The molecular weight excluding hydrogens is 280 g/mol. The largest absolute Gasteiger partial charge is 0.508 e. The van der Waals surface area contributed by atoms with E-state index in [1.54, 1.807) is 6.20 Å². The van der Waals surface area contributed by atoms with Gasteiger partial charge in [0.25, 0.3) is 0 Å². The summed E-state index contributed by atoms with van der Waals surface area (Å²) in [6.45, 7) is 0. The number of nitrogens with zero attached hydrogens (tertiary/aromatic N) is 2. The molecule has 0 aliphatic carbocycles. The summed E-state index contributed by atoms with van der Waals surface area (Å²) in [5.74, 6) is -0.189. The molecule has 5 nitrogen and oxygen atoms in total. The molecule has 0 radical (unpaired) electrons. The van der Waals surface area contributed by atoms with E-state index in [4.69, 9.17) is 0 Å². The fraction of sp³-hybridized carbons (Fsp3) is 0.0588. The smallest absolute Gasteiger partial charge is 0.128 e. The molecule has 0 aliphatic heterocycles. The quantitative estimate of drug-likeness (QED) is 0.393. The van der Waals surface area contributed by atoms with E-state index in [-0.39, 0.29) is 11.5 Å². The number of phenolic OH excluding ortho intramolecular Hbond substituents is 2. The van der Waals surface area contributed by atoms with Crippen molar-refractivity contribution >= 4 is 16.6 Å². The van der Waals surface area contributed by atoms with Crippen LogP contribution < -0.4 is 0 Å². The van der Waals surface area contributed by atoms with Gasteiger partial charge in [0, 0.05) is 29.6 Å². The van der Waals surface area contributed by atoms with Crippen molar-refractivity contribution in [2.75, 3.05) is 0 Å². The van der Waals surface area contributed by atoms with E-state index >= 15 is 0 Å². The van der Waals surface area contributed by atoms with Crippen LogP contribution in [0.1, 0.15) is 11.1 Å². The van der Waals surface area contributed by atoms with Gasteiger partial charge in [0.05, 0.1) is 11.2 Å². The van der Waals surface area contributed by atoms with Crippen molar-refractivity contribution in [2.45, 2.75) is 6.42 Å². The zero-order chi connectivity index (χ0) is 15.5. The fourth-order valence-corrected chi connectivity index (χ4v) is 2.44. The highest BCUT2D eigenvalue weighted by Gasteiger charge is 2.13. The first-order valence-electron chi connectivity index (χ1n) is 6.75. The molecule has 3 N–H and O–H groups in total. The molecule has 3 rings (SSSR count). The average molecular weight is 294 g/mol. The standard InChI is InChI=1S/C17H14N2O3/c20-13-6-7-14(16(21)10-13)15(19-22)9-12-4-1-3-11-5-2-8-18-17(11)12/h1-8,10,20-22H,9H2/b19-15-. The summed E-state index contributed by atoms with van der Waals surface area (Å²) < 4.78 is 0. The summed E-state index contributed by atoms with van der Waals surface area (Å²) in [6.07, 6.45) is 2.02. The maximum absolute atomic E-state index is 9.92. The lowest BCUT2D eigenvalue weighted by Crippen LogP contribution is -2.06. The number of fused-ring (bicyclic) bond motifs is 1. The molecular formula is C17H14N2O3. The number of hydrogen-bond acceptors (Lipinski definition) is 5. The number of rotatable bonds is 3. The second kappa shape index (κ2) is 5.73. The monoisotopic (exact) mass is 294 g/mol. The summed E-state index contributed by atoms with van der Waals surface area (Å²) in [6, 6.07) is 13.7. The van der Waals surface area contributed by atoms with Crippen LogP contribution in [0.25, 0.3) is 10.9 Å². The van der Waals surface area contributed by atoms with Crippen molar-refractivity contribution < 1.29 is 15.4 Å². The minimum Gasteiger partial charge on any atom is -0.508 e. The Labute approximate surface area is 126 Å². The van der Waals surface area contributed by atoms with Crippen LogP contribution in [0.15, 0.2) is 59.9 Å². The molecule has 0 saturated carbocycles. The highest BCUT2D eigenvalue weighted by Crippen LogP contribution is 2.25. The average Bonchev–Trinajstić information content (AvgIpc) is 2.53. The Bertz CT molecular complexity index is 854. The van der Waals surface area contributed by atoms with Crippen LogP contribution >= 0.6 is 0 Å². The number of aromatic nitrogens is 1. The summed E-state index contributed by atoms with van der Waals surface area (Å²) in [5.41, 5.74) is 2.38. The molecule has 0 atom stereocenters. The molecule has 22 heavy (non-hydrogen) atoms. The number of para-hydroxylation sites is 1. The summed E-state index contributed by atoms with van der Waals surface area (Å²) in [7, 11) is 0. The Morgan fingerprint density at radius 3 is 2.64 bits per heavy atom. The summed E-state index contributed by atoms with van der Waals surface area (Å²) in [4.78, 5) is 4.36. The van der Waals surface area contributed by atoms with Gasteiger partial charge >= 0.3 is 0 Å². The van der Waals surface area contributed by atoms with Crippen molar-refractivity contribution in [1.82, 2.24) is 4.98 Å². The predicted molar refractivity (Wildman–Crippen MR) is 83.5 cm³/mol. The molecule has 1 heterocycles. The lowest BCUT2D eigenvalue weighted by molar-refractivity contribution is 0.318.